The van der Waals surface area contributed by atoms with Gasteiger partial charge in [0.15, 0.2) is 0 Å². The summed E-state index contributed by atoms with van der Waals surface area (Å²) in [5, 5.41) is 0. The van der Waals surface area contributed by atoms with Crippen molar-refractivity contribution in [2.75, 3.05) is 37.8 Å². The van der Waals surface area contributed by atoms with Crippen LogP contribution in [0.15, 0.2) is 39.8 Å². The van der Waals surface area contributed by atoms with Crippen LogP contribution >= 0.6 is 15.9 Å². The van der Waals surface area contributed by atoms with E-state index in [-0.39, 0.29) is 11.4 Å². The molecule has 2 heterocycles. The molecule has 1 saturated heterocycles. The summed E-state index contributed by atoms with van der Waals surface area (Å²) >= 11 is 3.30. The van der Waals surface area contributed by atoms with Gasteiger partial charge < -0.3 is 14.4 Å². The standard InChI is InChI=1S/C17H21BrN4O4S/c1-2-26-14-4-3-13(18)11-15(14)27(23,24)20-12-16-19-6-5-17(21-16)22-7-9-25-10-8-22/h3-6,11,20H,2,7-10,12H2,1H3. The lowest BCUT2D eigenvalue weighted by Gasteiger charge is -2.27. The molecule has 0 atom stereocenters. The molecule has 0 saturated carbocycles. The molecule has 1 aromatic heterocycles. The number of rotatable bonds is 7. The predicted octanol–water partition coefficient (Wildman–Crippen LogP) is 1.95. The van der Waals surface area contributed by atoms with Gasteiger partial charge in [-0.05, 0) is 31.2 Å². The Morgan fingerprint density at radius 1 is 1.30 bits per heavy atom. The maximum absolute atomic E-state index is 12.7. The van der Waals surface area contributed by atoms with Crippen molar-refractivity contribution < 1.29 is 17.9 Å². The van der Waals surface area contributed by atoms with Crippen LogP contribution in [0.25, 0.3) is 0 Å². The Bertz CT molecular complexity index is 888. The number of hydrogen-bond acceptors (Lipinski definition) is 7. The van der Waals surface area contributed by atoms with Gasteiger partial charge in [0, 0.05) is 23.8 Å². The molecule has 1 aliphatic rings. The van der Waals surface area contributed by atoms with Crippen molar-refractivity contribution in [3.05, 3.63) is 40.8 Å². The van der Waals surface area contributed by atoms with Crippen LogP contribution in [-0.2, 0) is 21.3 Å². The second-order valence-corrected chi connectivity index (χ2v) is 8.43. The SMILES string of the molecule is CCOc1ccc(Br)cc1S(=O)(=O)NCc1nccc(N2CCOCC2)n1. The van der Waals surface area contributed by atoms with Gasteiger partial charge in [-0.1, -0.05) is 15.9 Å². The lowest BCUT2D eigenvalue weighted by atomic mass is 10.3. The first kappa shape index (κ1) is 20.0. The lowest BCUT2D eigenvalue weighted by Crippen LogP contribution is -2.37. The average molecular weight is 457 g/mol. The van der Waals surface area contributed by atoms with Crippen LogP contribution in [0.1, 0.15) is 12.7 Å². The number of benzene rings is 1. The van der Waals surface area contributed by atoms with E-state index in [9.17, 15) is 8.42 Å². The number of anilines is 1. The van der Waals surface area contributed by atoms with Gasteiger partial charge in [-0.25, -0.2) is 23.1 Å². The van der Waals surface area contributed by atoms with Gasteiger partial charge in [0.05, 0.1) is 26.4 Å². The highest BCUT2D eigenvalue weighted by Gasteiger charge is 2.21. The van der Waals surface area contributed by atoms with Crippen molar-refractivity contribution in [2.45, 2.75) is 18.4 Å². The number of ether oxygens (including phenoxy) is 2. The van der Waals surface area contributed by atoms with E-state index in [1.54, 1.807) is 25.3 Å². The number of morpholine rings is 1. The minimum absolute atomic E-state index is 0.0153. The summed E-state index contributed by atoms with van der Waals surface area (Å²) < 4.78 is 39.5. The first-order chi connectivity index (χ1) is 13.0. The van der Waals surface area contributed by atoms with E-state index in [0.717, 1.165) is 18.9 Å². The molecule has 146 valence electrons. The minimum Gasteiger partial charge on any atom is -0.492 e. The van der Waals surface area contributed by atoms with E-state index < -0.39 is 10.0 Å². The molecule has 2 aromatic rings. The van der Waals surface area contributed by atoms with E-state index in [1.807, 2.05) is 6.07 Å². The number of sulfonamides is 1. The third-order valence-electron chi connectivity index (χ3n) is 3.94. The van der Waals surface area contributed by atoms with Gasteiger partial charge in [-0.3, -0.25) is 0 Å². The van der Waals surface area contributed by atoms with Crippen molar-refractivity contribution in [1.82, 2.24) is 14.7 Å². The van der Waals surface area contributed by atoms with E-state index in [2.05, 4.69) is 35.5 Å². The highest BCUT2D eigenvalue weighted by molar-refractivity contribution is 9.10. The molecule has 8 nitrogen and oxygen atoms in total. The van der Waals surface area contributed by atoms with Crippen molar-refractivity contribution >= 4 is 31.8 Å². The van der Waals surface area contributed by atoms with Crippen molar-refractivity contribution in [1.29, 1.82) is 0 Å². The molecule has 1 aromatic carbocycles. The van der Waals surface area contributed by atoms with Crippen LogP contribution in [0.5, 0.6) is 5.75 Å². The summed E-state index contributed by atoms with van der Waals surface area (Å²) in [7, 11) is -3.79. The summed E-state index contributed by atoms with van der Waals surface area (Å²) in [6.07, 6.45) is 1.63. The van der Waals surface area contributed by atoms with Gasteiger partial charge in [0.25, 0.3) is 0 Å². The van der Waals surface area contributed by atoms with Crippen LogP contribution in [0.3, 0.4) is 0 Å². The molecule has 27 heavy (non-hydrogen) atoms. The highest BCUT2D eigenvalue weighted by atomic mass is 79.9. The Balaban J connectivity index is 1.75. The first-order valence-electron chi connectivity index (χ1n) is 8.56. The fourth-order valence-electron chi connectivity index (χ4n) is 2.65. The fourth-order valence-corrected chi connectivity index (χ4v) is 4.31. The predicted molar refractivity (Wildman–Crippen MR) is 104 cm³/mol. The zero-order chi connectivity index (χ0) is 19.3. The van der Waals surface area contributed by atoms with Crippen molar-refractivity contribution in [3.63, 3.8) is 0 Å². The summed E-state index contributed by atoms with van der Waals surface area (Å²) in [5.74, 6) is 1.46. The molecular weight excluding hydrogens is 436 g/mol. The van der Waals surface area contributed by atoms with Gasteiger partial charge in [0.1, 0.15) is 22.3 Å². The molecule has 0 radical (unpaired) electrons. The first-order valence-corrected chi connectivity index (χ1v) is 10.8. The molecule has 0 aliphatic carbocycles. The second-order valence-electron chi connectivity index (χ2n) is 5.78. The number of nitrogens with zero attached hydrogens (tertiary/aromatic N) is 3. The van der Waals surface area contributed by atoms with Crippen LogP contribution in [-0.4, -0.2) is 51.3 Å². The third-order valence-corrected chi connectivity index (χ3v) is 5.86. The third kappa shape index (κ3) is 5.16. The summed E-state index contributed by atoms with van der Waals surface area (Å²) in [4.78, 5) is 10.8. The van der Waals surface area contributed by atoms with Crippen LogP contribution < -0.4 is 14.4 Å². The van der Waals surface area contributed by atoms with E-state index in [4.69, 9.17) is 9.47 Å². The Morgan fingerprint density at radius 2 is 2.07 bits per heavy atom. The Kier molecular flexibility index (Phi) is 6.64. The molecule has 0 unspecified atom stereocenters. The van der Waals surface area contributed by atoms with Gasteiger partial charge in [0.2, 0.25) is 10.0 Å². The zero-order valence-electron chi connectivity index (χ0n) is 14.9. The molecule has 0 spiro atoms. The Morgan fingerprint density at radius 3 is 2.81 bits per heavy atom. The van der Waals surface area contributed by atoms with Crippen LogP contribution in [0, 0.1) is 0 Å². The smallest absolute Gasteiger partial charge is 0.244 e. The Hall–Kier alpha value is -1.75. The maximum atomic E-state index is 12.7. The molecule has 10 heteroatoms. The van der Waals surface area contributed by atoms with E-state index >= 15 is 0 Å². The van der Waals surface area contributed by atoms with Gasteiger partial charge >= 0.3 is 0 Å². The number of halogens is 1. The molecule has 1 N–H and O–H groups in total. The average Bonchev–Trinajstić information content (AvgIpc) is 2.69. The second kappa shape index (κ2) is 8.96. The van der Waals surface area contributed by atoms with E-state index in [0.29, 0.717) is 35.9 Å². The van der Waals surface area contributed by atoms with Gasteiger partial charge in [-0.2, -0.15) is 0 Å². The molecule has 1 fully saturated rings. The van der Waals surface area contributed by atoms with Crippen molar-refractivity contribution in [2.24, 2.45) is 0 Å². The van der Waals surface area contributed by atoms with E-state index in [1.165, 1.54) is 6.07 Å². The number of hydrogen-bond donors (Lipinski definition) is 1. The lowest BCUT2D eigenvalue weighted by molar-refractivity contribution is 0.122. The number of aromatic nitrogens is 2. The zero-order valence-corrected chi connectivity index (χ0v) is 17.3. The molecule has 0 amide bonds. The van der Waals surface area contributed by atoms with Gasteiger partial charge in [-0.15, -0.1) is 0 Å². The molecule has 3 rings (SSSR count). The highest BCUT2D eigenvalue weighted by Crippen LogP contribution is 2.27. The van der Waals surface area contributed by atoms with Crippen LogP contribution in [0.4, 0.5) is 5.82 Å². The maximum Gasteiger partial charge on any atom is 0.244 e. The number of nitrogens with one attached hydrogen (secondary N) is 1. The van der Waals surface area contributed by atoms with Crippen molar-refractivity contribution in [3.8, 4) is 5.75 Å². The minimum atomic E-state index is -3.79. The van der Waals surface area contributed by atoms with Crippen LogP contribution in [0.2, 0.25) is 0 Å². The normalized spacial score (nSPS) is 15.0. The molecule has 0 bridgehead atoms. The Labute approximate surface area is 167 Å². The molecule has 1 aliphatic heterocycles. The summed E-state index contributed by atoms with van der Waals surface area (Å²) in [6, 6.07) is 6.68. The monoisotopic (exact) mass is 456 g/mol. The topological polar surface area (TPSA) is 93.7 Å². The molecular formula is C17H21BrN4O4S. The fraction of sp³-hybridized carbons (Fsp3) is 0.412. The quantitative estimate of drug-likeness (QED) is 0.680. The summed E-state index contributed by atoms with van der Waals surface area (Å²) in [5.41, 5.74) is 0. The summed E-state index contributed by atoms with van der Waals surface area (Å²) in [6.45, 7) is 4.95. The largest absolute Gasteiger partial charge is 0.492 e.